The molecule has 0 spiro atoms. The maximum atomic E-state index is 12.5. The standard InChI is InChI=1S/C20H22N2O5/c1-12(13-6-8-16(23)9-7-13)21-19(26)17(24)18(25)20(27)22-10-14-4-2-3-5-15(14)11-22/h2-9,12,17-18,23-25H,10-11H2,1H3,(H,21,26)/t12-,17?,18?/m0/s1. The largest absolute Gasteiger partial charge is 0.508 e. The molecule has 2 aromatic rings. The first-order chi connectivity index (χ1) is 12.9. The third-order valence-electron chi connectivity index (χ3n) is 4.73. The summed E-state index contributed by atoms with van der Waals surface area (Å²) >= 11 is 0. The van der Waals surface area contributed by atoms with Crippen LogP contribution in [-0.4, -0.2) is 44.2 Å². The number of nitrogens with one attached hydrogen (secondary N) is 1. The van der Waals surface area contributed by atoms with E-state index in [-0.39, 0.29) is 5.75 Å². The predicted molar refractivity (Wildman–Crippen MR) is 97.4 cm³/mol. The van der Waals surface area contributed by atoms with Gasteiger partial charge in [-0.2, -0.15) is 0 Å². The fourth-order valence-electron chi connectivity index (χ4n) is 3.10. The fraction of sp³-hybridized carbons (Fsp3) is 0.300. The zero-order chi connectivity index (χ0) is 19.6. The molecule has 142 valence electrons. The lowest BCUT2D eigenvalue weighted by molar-refractivity contribution is -0.153. The Bertz CT molecular complexity index is 812. The Morgan fingerprint density at radius 3 is 2.07 bits per heavy atom. The smallest absolute Gasteiger partial charge is 0.255 e. The maximum absolute atomic E-state index is 12.5. The summed E-state index contributed by atoms with van der Waals surface area (Å²) in [6.07, 6.45) is -3.72. The van der Waals surface area contributed by atoms with Crippen LogP contribution in [0.1, 0.15) is 29.7 Å². The quantitative estimate of drug-likeness (QED) is 0.623. The van der Waals surface area contributed by atoms with Gasteiger partial charge in [-0.3, -0.25) is 9.59 Å². The van der Waals surface area contributed by atoms with Gasteiger partial charge in [0.15, 0.2) is 12.2 Å². The summed E-state index contributed by atoms with van der Waals surface area (Å²) in [5.41, 5.74) is 2.68. The highest BCUT2D eigenvalue weighted by molar-refractivity contribution is 5.91. The second kappa shape index (κ2) is 7.77. The highest BCUT2D eigenvalue weighted by Gasteiger charge is 2.35. The Balaban J connectivity index is 1.59. The number of hydrogen-bond acceptors (Lipinski definition) is 5. The van der Waals surface area contributed by atoms with E-state index >= 15 is 0 Å². The Hall–Kier alpha value is -2.90. The number of aliphatic hydroxyl groups is 2. The van der Waals surface area contributed by atoms with Gasteiger partial charge in [0.05, 0.1) is 6.04 Å². The van der Waals surface area contributed by atoms with Gasteiger partial charge in [0, 0.05) is 13.1 Å². The molecule has 3 atom stereocenters. The van der Waals surface area contributed by atoms with E-state index in [2.05, 4.69) is 5.32 Å². The summed E-state index contributed by atoms with van der Waals surface area (Å²) in [4.78, 5) is 26.1. The number of phenolic OH excluding ortho intramolecular Hbond substituents is 1. The summed E-state index contributed by atoms with van der Waals surface area (Å²) in [5, 5.41) is 32.2. The highest BCUT2D eigenvalue weighted by atomic mass is 16.3. The van der Waals surface area contributed by atoms with Crippen molar-refractivity contribution in [1.29, 1.82) is 0 Å². The van der Waals surface area contributed by atoms with Crippen LogP contribution in [0.3, 0.4) is 0 Å². The van der Waals surface area contributed by atoms with Crippen molar-refractivity contribution in [3.8, 4) is 5.75 Å². The first-order valence-corrected chi connectivity index (χ1v) is 8.68. The van der Waals surface area contributed by atoms with Gasteiger partial charge < -0.3 is 25.5 Å². The SMILES string of the molecule is C[C@H](NC(=O)C(O)C(O)C(=O)N1Cc2ccccc2C1)c1ccc(O)cc1. The monoisotopic (exact) mass is 370 g/mol. The van der Waals surface area contributed by atoms with Gasteiger partial charge in [0.1, 0.15) is 5.75 Å². The number of carbonyl (C=O) groups is 2. The van der Waals surface area contributed by atoms with Crippen molar-refractivity contribution < 1.29 is 24.9 Å². The van der Waals surface area contributed by atoms with Crippen LogP contribution in [0.4, 0.5) is 0 Å². The van der Waals surface area contributed by atoms with E-state index in [1.165, 1.54) is 17.0 Å². The molecular formula is C20H22N2O5. The predicted octanol–water partition coefficient (Wildman–Crippen LogP) is 0.834. The zero-order valence-electron chi connectivity index (χ0n) is 14.9. The molecular weight excluding hydrogens is 348 g/mol. The van der Waals surface area contributed by atoms with Crippen molar-refractivity contribution in [3.05, 3.63) is 65.2 Å². The Morgan fingerprint density at radius 2 is 1.52 bits per heavy atom. The van der Waals surface area contributed by atoms with Crippen molar-refractivity contribution in [2.24, 2.45) is 0 Å². The van der Waals surface area contributed by atoms with E-state index in [4.69, 9.17) is 0 Å². The molecule has 7 heteroatoms. The number of aliphatic hydroxyl groups excluding tert-OH is 2. The third-order valence-corrected chi connectivity index (χ3v) is 4.73. The lowest BCUT2D eigenvalue weighted by Crippen LogP contribution is -2.50. The first kappa shape index (κ1) is 18.9. The van der Waals surface area contributed by atoms with Gasteiger partial charge in [0.2, 0.25) is 0 Å². The molecule has 0 fully saturated rings. The number of nitrogens with zero attached hydrogens (tertiary/aromatic N) is 1. The average Bonchev–Trinajstić information content (AvgIpc) is 3.10. The van der Waals surface area contributed by atoms with E-state index < -0.39 is 30.1 Å². The Labute approximate surface area is 156 Å². The van der Waals surface area contributed by atoms with Crippen molar-refractivity contribution in [2.45, 2.75) is 38.3 Å². The molecule has 0 saturated heterocycles. The lowest BCUT2D eigenvalue weighted by Gasteiger charge is -2.24. The molecule has 4 N–H and O–H groups in total. The average molecular weight is 370 g/mol. The molecule has 1 aliphatic rings. The summed E-state index contributed by atoms with van der Waals surface area (Å²) in [6.45, 7) is 2.37. The molecule has 1 aliphatic heterocycles. The fourth-order valence-corrected chi connectivity index (χ4v) is 3.10. The molecule has 1 heterocycles. The number of benzene rings is 2. The molecule has 0 aromatic heterocycles. The number of aromatic hydroxyl groups is 1. The van der Waals surface area contributed by atoms with Crippen LogP contribution in [0.15, 0.2) is 48.5 Å². The van der Waals surface area contributed by atoms with Crippen LogP contribution in [0.2, 0.25) is 0 Å². The first-order valence-electron chi connectivity index (χ1n) is 8.68. The van der Waals surface area contributed by atoms with Crippen LogP contribution >= 0.6 is 0 Å². The topological polar surface area (TPSA) is 110 Å². The van der Waals surface area contributed by atoms with E-state index in [1.54, 1.807) is 19.1 Å². The summed E-state index contributed by atoms with van der Waals surface area (Å²) in [5.74, 6) is -1.43. The van der Waals surface area contributed by atoms with E-state index in [9.17, 15) is 24.9 Å². The molecule has 2 amide bonds. The van der Waals surface area contributed by atoms with Crippen molar-refractivity contribution in [3.63, 3.8) is 0 Å². The van der Waals surface area contributed by atoms with Gasteiger partial charge in [-0.05, 0) is 35.7 Å². The van der Waals surface area contributed by atoms with Crippen molar-refractivity contribution in [1.82, 2.24) is 10.2 Å². The normalized spacial score (nSPS) is 16.3. The summed E-state index contributed by atoms with van der Waals surface area (Å²) in [7, 11) is 0. The van der Waals surface area contributed by atoms with E-state index in [0.29, 0.717) is 18.7 Å². The maximum Gasteiger partial charge on any atom is 0.255 e. The molecule has 2 unspecified atom stereocenters. The molecule has 0 bridgehead atoms. The minimum Gasteiger partial charge on any atom is -0.508 e. The van der Waals surface area contributed by atoms with Crippen LogP contribution in [0.25, 0.3) is 0 Å². The van der Waals surface area contributed by atoms with Gasteiger partial charge in [-0.1, -0.05) is 36.4 Å². The highest BCUT2D eigenvalue weighted by Crippen LogP contribution is 2.23. The van der Waals surface area contributed by atoms with Crippen molar-refractivity contribution >= 4 is 11.8 Å². The van der Waals surface area contributed by atoms with Crippen LogP contribution in [0.5, 0.6) is 5.75 Å². The molecule has 0 radical (unpaired) electrons. The zero-order valence-corrected chi connectivity index (χ0v) is 14.9. The van der Waals surface area contributed by atoms with Crippen LogP contribution < -0.4 is 5.32 Å². The second-order valence-corrected chi connectivity index (χ2v) is 6.67. The Morgan fingerprint density at radius 1 is 0.963 bits per heavy atom. The number of rotatable bonds is 5. The van der Waals surface area contributed by atoms with Crippen LogP contribution in [0, 0.1) is 0 Å². The number of amides is 2. The molecule has 27 heavy (non-hydrogen) atoms. The minimum absolute atomic E-state index is 0.102. The third kappa shape index (κ3) is 4.10. The lowest BCUT2D eigenvalue weighted by atomic mass is 10.1. The molecule has 7 nitrogen and oxygen atoms in total. The van der Waals surface area contributed by atoms with Crippen molar-refractivity contribution in [2.75, 3.05) is 0 Å². The summed E-state index contributed by atoms with van der Waals surface area (Å²) < 4.78 is 0. The second-order valence-electron chi connectivity index (χ2n) is 6.67. The number of carbonyl (C=O) groups excluding carboxylic acids is 2. The molecule has 2 aromatic carbocycles. The van der Waals surface area contributed by atoms with Gasteiger partial charge in [0.25, 0.3) is 11.8 Å². The summed E-state index contributed by atoms with van der Waals surface area (Å²) in [6, 6.07) is 13.3. The van der Waals surface area contributed by atoms with E-state index in [0.717, 1.165) is 11.1 Å². The number of phenols is 1. The van der Waals surface area contributed by atoms with Gasteiger partial charge >= 0.3 is 0 Å². The molecule has 0 aliphatic carbocycles. The van der Waals surface area contributed by atoms with E-state index in [1.807, 2.05) is 24.3 Å². The van der Waals surface area contributed by atoms with Crippen LogP contribution in [-0.2, 0) is 22.7 Å². The minimum atomic E-state index is -1.87. The van der Waals surface area contributed by atoms with Gasteiger partial charge in [-0.25, -0.2) is 0 Å². The number of fused-ring (bicyclic) bond motifs is 1. The van der Waals surface area contributed by atoms with Gasteiger partial charge in [-0.15, -0.1) is 0 Å². The molecule has 0 saturated carbocycles. The molecule has 3 rings (SSSR count). The Kier molecular flexibility index (Phi) is 5.43. The number of hydrogen-bond donors (Lipinski definition) is 4.